The second-order valence-corrected chi connectivity index (χ2v) is 7.38. The Kier molecular flexibility index (Phi) is 2.25. The Labute approximate surface area is 99.4 Å². The molecule has 0 N–H and O–H groups in total. The van der Waals surface area contributed by atoms with Crippen molar-refractivity contribution in [2.45, 2.75) is 18.6 Å². The van der Waals surface area contributed by atoms with Gasteiger partial charge in [-0.3, -0.25) is 0 Å². The van der Waals surface area contributed by atoms with Gasteiger partial charge in [-0.2, -0.15) is 0 Å². The average Bonchev–Trinajstić information content (AvgIpc) is 2.83. The van der Waals surface area contributed by atoms with Crippen molar-refractivity contribution in [3.05, 3.63) is 30.3 Å². The number of rotatable bonds is 1. The second-order valence-electron chi connectivity index (χ2n) is 3.89. The molecule has 0 fully saturated rings. The molecule has 4 nitrogen and oxygen atoms in total. The molecule has 0 bridgehead atoms. The first-order chi connectivity index (χ1) is 7.77. The number of nitrogens with zero attached hydrogens (tertiary/aromatic N) is 3. The van der Waals surface area contributed by atoms with E-state index in [4.69, 9.17) is 3.83 Å². The van der Waals surface area contributed by atoms with Crippen LogP contribution in [-0.4, -0.2) is 26.6 Å². The van der Waals surface area contributed by atoms with E-state index in [-0.39, 0.29) is 0 Å². The molecule has 0 spiro atoms. The van der Waals surface area contributed by atoms with Crippen LogP contribution in [0.2, 0.25) is 4.71 Å². The summed E-state index contributed by atoms with van der Waals surface area (Å²) >= 11 is -1.65. The third-order valence-corrected chi connectivity index (χ3v) is 7.18. The molecule has 5 heteroatoms. The summed E-state index contributed by atoms with van der Waals surface area (Å²) in [5.41, 5.74) is 3.30. The summed E-state index contributed by atoms with van der Waals surface area (Å²) < 4.78 is 7.97. The Bertz CT molecular complexity index is 471. The van der Waals surface area contributed by atoms with Crippen molar-refractivity contribution >= 4 is 32.3 Å². The Hall–Kier alpha value is -1.28. The maximum atomic E-state index is 5.57. The molecule has 0 aromatic heterocycles. The monoisotopic (exact) mass is 277 g/mol. The third-order valence-electron chi connectivity index (χ3n) is 2.71. The molecule has 0 saturated heterocycles. The first kappa shape index (κ1) is 9.91. The summed E-state index contributed by atoms with van der Waals surface area (Å²) in [7, 11) is 0. The van der Waals surface area contributed by atoms with Crippen LogP contribution in [0.5, 0.6) is 0 Å². The van der Waals surface area contributed by atoms with E-state index in [1.54, 1.807) is 0 Å². The minimum atomic E-state index is -1.65. The van der Waals surface area contributed by atoms with Crippen LogP contribution in [0.25, 0.3) is 0 Å². The fraction of sp³-hybridized carbons (Fsp3) is 0.273. The minimum absolute atomic E-state index is 0.354. The number of fused-ring (bicyclic) bond motifs is 1. The molecule has 2 unspecified atom stereocenters. The molecule has 3 rings (SSSR count). The first-order valence-corrected chi connectivity index (χ1v) is 7.87. The summed E-state index contributed by atoms with van der Waals surface area (Å²) in [5, 5.41) is 8.71. The van der Waals surface area contributed by atoms with E-state index in [1.165, 1.54) is 0 Å². The molecule has 82 valence electrons. The molecule has 0 saturated carbocycles. The van der Waals surface area contributed by atoms with Crippen LogP contribution < -0.4 is 3.93 Å². The van der Waals surface area contributed by atoms with Crippen LogP contribution in [0.1, 0.15) is 13.8 Å². The van der Waals surface area contributed by atoms with Crippen LogP contribution in [0.15, 0.2) is 40.6 Å². The van der Waals surface area contributed by atoms with E-state index in [2.05, 4.69) is 29.3 Å². The van der Waals surface area contributed by atoms with Crippen molar-refractivity contribution in [3.63, 3.8) is 0 Å². The average molecular weight is 277 g/mol. The van der Waals surface area contributed by atoms with Crippen LogP contribution in [0.3, 0.4) is 0 Å². The van der Waals surface area contributed by atoms with Crippen molar-refractivity contribution in [2.75, 3.05) is 3.93 Å². The zero-order valence-electron chi connectivity index (χ0n) is 9.16. The van der Waals surface area contributed by atoms with Gasteiger partial charge in [0, 0.05) is 0 Å². The Balaban J connectivity index is 1.96. The van der Waals surface area contributed by atoms with E-state index in [0.29, 0.717) is 4.71 Å². The molecular weight excluding hydrogens is 265 g/mol. The van der Waals surface area contributed by atoms with Gasteiger partial charge in [0.05, 0.1) is 0 Å². The van der Waals surface area contributed by atoms with E-state index in [0.717, 1.165) is 17.1 Å². The van der Waals surface area contributed by atoms with Gasteiger partial charge in [-0.25, -0.2) is 0 Å². The zero-order chi connectivity index (χ0) is 11.1. The van der Waals surface area contributed by atoms with E-state index < -0.39 is 15.2 Å². The summed E-state index contributed by atoms with van der Waals surface area (Å²) in [6.07, 6.45) is 0. The fourth-order valence-electron chi connectivity index (χ4n) is 1.95. The number of oxime groups is 1. The van der Waals surface area contributed by atoms with Crippen LogP contribution in [0, 0.1) is 0 Å². The molecule has 2 aliphatic rings. The quantitative estimate of drug-likeness (QED) is 0.737. The van der Waals surface area contributed by atoms with Crippen molar-refractivity contribution in [1.29, 1.82) is 0 Å². The van der Waals surface area contributed by atoms with Gasteiger partial charge in [0.15, 0.2) is 0 Å². The molecule has 16 heavy (non-hydrogen) atoms. The van der Waals surface area contributed by atoms with Gasteiger partial charge < -0.3 is 0 Å². The van der Waals surface area contributed by atoms with Crippen molar-refractivity contribution in [2.24, 2.45) is 10.3 Å². The van der Waals surface area contributed by atoms with E-state index in [1.807, 2.05) is 29.0 Å². The number of anilines is 1. The van der Waals surface area contributed by atoms with Gasteiger partial charge in [0.2, 0.25) is 0 Å². The standard InChI is InChI=1S/C11H12AsN3O/c1-8-11-9(2)14-16-12(11)15(13-8)10-6-4-3-5-7-10/h3-7,11H,1-2H3. The number of para-hydroxylation sites is 1. The zero-order valence-corrected chi connectivity index (χ0v) is 11.0. The van der Waals surface area contributed by atoms with Crippen LogP contribution >= 0.6 is 0 Å². The van der Waals surface area contributed by atoms with Gasteiger partial charge in [0.1, 0.15) is 0 Å². The third kappa shape index (κ3) is 1.37. The molecule has 0 radical (unpaired) electrons. The molecule has 0 aliphatic carbocycles. The van der Waals surface area contributed by atoms with Crippen LogP contribution in [-0.2, 0) is 3.83 Å². The Morgan fingerprint density at radius 1 is 1.19 bits per heavy atom. The maximum absolute atomic E-state index is 5.57. The van der Waals surface area contributed by atoms with Crippen molar-refractivity contribution < 1.29 is 3.83 Å². The van der Waals surface area contributed by atoms with Gasteiger partial charge in [-0.1, -0.05) is 0 Å². The number of hydrogen-bond donors (Lipinski definition) is 0. The number of hydrazone groups is 1. The molecule has 2 heterocycles. The molecular formula is C11H12AsN3O. The number of hydrogen-bond acceptors (Lipinski definition) is 4. The predicted octanol–water partition coefficient (Wildman–Crippen LogP) is 2.15. The normalized spacial score (nSPS) is 27.2. The van der Waals surface area contributed by atoms with E-state index >= 15 is 0 Å². The topological polar surface area (TPSA) is 37.2 Å². The van der Waals surface area contributed by atoms with Gasteiger partial charge >= 0.3 is 99.2 Å². The summed E-state index contributed by atoms with van der Waals surface area (Å²) in [4.78, 5) is 0. The molecule has 2 aliphatic heterocycles. The van der Waals surface area contributed by atoms with Gasteiger partial charge in [0.25, 0.3) is 0 Å². The molecule has 1 aromatic rings. The molecule has 2 atom stereocenters. The summed E-state index contributed by atoms with van der Waals surface area (Å²) in [6.45, 7) is 4.08. The summed E-state index contributed by atoms with van der Waals surface area (Å²) in [6, 6.07) is 10.2. The SMILES string of the molecule is CC1=NO[As]2C1C(C)=NN2c1ccccc1. The number of benzene rings is 1. The fourth-order valence-corrected chi connectivity index (χ4v) is 5.98. The van der Waals surface area contributed by atoms with Crippen LogP contribution in [0.4, 0.5) is 5.69 Å². The van der Waals surface area contributed by atoms with E-state index in [9.17, 15) is 0 Å². The van der Waals surface area contributed by atoms with Crippen molar-refractivity contribution in [3.8, 4) is 0 Å². The predicted molar refractivity (Wildman–Crippen MR) is 65.7 cm³/mol. The van der Waals surface area contributed by atoms with Crippen molar-refractivity contribution in [1.82, 2.24) is 0 Å². The second kappa shape index (κ2) is 3.63. The van der Waals surface area contributed by atoms with Gasteiger partial charge in [-0.15, -0.1) is 0 Å². The Morgan fingerprint density at radius 3 is 2.69 bits per heavy atom. The summed E-state index contributed by atoms with van der Waals surface area (Å²) in [5.74, 6) is 0. The molecule has 0 amide bonds. The first-order valence-electron chi connectivity index (χ1n) is 5.18. The van der Waals surface area contributed by atoms with Gasteiger partial charge in [-0.05, 0) is 0 Å². The Morgan fingerprint density at radius 2 is 1.94 bits per heavy atom. The molecule has 1 aromatic carbocycles.